The van der Waals surface area contributed by atoms with Crippen LogP contribution in [0.25, 0.3) is 11.0 Å². The summed E-state index contributed by atoms with van der Waals surface area (Å²) >= 11 is 0. The van der Waals surface area contributed by atoms with Gasteiger partial charge in [-0.2, -0.15) is 0 Å². The van der Waals surface area contributed by atoms with Crippen LogP contribution in [0.4, 0.5) is 17.1 Å². The van der Waals surface area contributed by atoms with Gasteiger partial charge in [0.05, 0.1) is 24.3 Å². The average molecular weight is 463 g/mol. The number of para-hydroxylation sites is 1. The smallest absolute Gasteiger partial charge is 0.291 e. The highest BCUT2D eigenvalue weighted by atomic mass is 16.5. The maximum absolute atomic E-state index is 13.1. The molecule has 2 saturated heterocycles. The Labute approximate surface area is 198 Å². The molecule has 0 radical (unpaired) electrons. The second kappa shape index (κ2) is 9.48. The molecular weight excluding hydrogens is 432 g/mol. The Morgan fingerprint density at radius 2 is 1.71 bits per heavy atom. The first-order chi connectivity index (χ1) is 16.5. The molecule has 2 aromatic carbocycles. The molecule has 5 rings (SSSR count). The van der Waals surface area contributed by atoms with Gasteiger partial charge in [-0.1, -0.05) is 6.07 Å². The summed E-state index contributed by atoms with van der Waals surface area (Å²) in [6.07, 6.45) is 0. The summed E-state index contributed by atoms with van der Waals surface area (Å²) in [7, 11) is 2.10. The number of carbonyl (C=O) groups excluding carboxylic acids is 1. The van der Waals surface area contributed by atoms with E-state index in [-0.39, 0.29) is 11.2 Å². The fraction of sp³-hybridized carbons (Fsp3) is 0.385. The summed E-state index contributed by atoms with van der Waals surface area (Å²) in [6, 6.07) is 12.8. The van der Waals surface area contributed by atoms with Crippen LogP contribution in [0.15, 0.2) is 51.7 Å². The topological polar surface area (TPSA) is 78.3 Å². The van der Waals surface area contributed by atoms with Gasteiger partial charge in [0, 0.05) is 56.7 Å². The van der Waals surface area contributed by atoms with E-state index in [1.807, 2.05) is 31.2 Å². The van der Waals surface area contributed by atoms with E-state index in [0.29, 0.717) is 29.9 Å². The monoisotopic (exact) mass is 462 g/mol. The first kappa shape index (κ1) is 22.4. The molecule has 0 atom stereocenters. The number of nitrogens with one attached hydrogen (secondary N) is 1. The zero-order valence-corrected chi connectivity index (χ0v) is 19.7. The quantitative estimate of drug-likeness (QED) is 0.639. The fourth-order valence-corrected chi connectivity index (χ4v) is 4.56. The van der Waals surface area contributed by atoms with Gasteiger partial charge in [-0.05, 0) is 49.9 Å². The second-order valence-corrected chi connectivity index (χ2v) is 8.97. The van der Waals surface area contributed by atoms with Gasteiger partial charge < -0.3 is 29.2 Å². The maximum atomic E-state index is 13.1. The van der Waals surface area contributed by atoms with Crippen molar-refractivity contribution in [3.63, 3.8) is 0 Å². The van der Waals surface area contributed by atoms with Crippen molar-refractivity contribution in [2.45, 2.75) is 6.92 Å². The predicted octanol–water partition coefficient (Wildman–Crippen LogP) is 2.94. The summed E-state index contributed by atoms with van der Waals surface area (Å²) in [6.45, 7) is 8.63. The Morgan fingerprint density at radius 3 is 2.44 bits per heavy atom. The van der Waals surface area contributed by atoms with Crippen molar-refractivity contribution >= 4 is 33.9 Å². The fourth-order valence-electron chi connectivity index (χ4n) is 4.56. The Kier molecular flexibility index (Phi) is 6.26. The minimum absolute atomic E-state index is 0.00994. The normalized spacial score (nSPS) is 17.2. The summed E-state index contributed by atoms with van der Waals surface area (Å²) in [4.78, 5) is 32.7. The van der Waals surface area contributed by atoms with Gasteiger partial charge in [0.25, 0.3) is 5.91 Å². The van der Waals surface area contributed by atoms with E-state index in [4.69, 9.17) is 9.15 Å². The summed E-state index contributed by atoms with van der Waals surface area (Å²) in [5.41, 5.74) is 3.83. The number of hydrogen-bond donors (Lipinski definition) is 1. The van der Waals surface area contributed by atoms with Gasteiger partial charge in [0.15, 0.2) is 16.8 Å². The van der Waals surface area contributed by atoms with E-state index in [1.54, 1.807) is 6.07 Å². The van der Waals surface area contributed by atoms with E-state index in [2.05, 4.69) is 33.1 Å². The number of likely N-dealkylation sites (N-methyl/N-ethyl adjacent to an activating group) is 1. The number of benzene rings is 2. The van der Waals surface area contributed by atoms with E-state index in [0.717, 1.165) is 56.2 Å². The molecule has 0 saturated carbocycles. The zero-order chi connectivity index (χ0) is 23.7. The molecule has 178 valence electrons. The van der Waals surface area contributed by atoms with Crippen molar-refractivity contribution in [1.29, 1.82) is 0 Å². The lowest BCUT2D eigenvalue weighted by Crippen LogP contribution is -2.44. The minimum Gasteiger partial charge on any atom is -0.448 e. The number of fused-ring (bicyclic) bond motifs is 1. The van der Waals surface area contributed by atoms with Crippen LogP contribution >= 0.6 is 0 Å². The second-order valence-electron chi connectivity index (χ2n) is 8.97. The summed E-state index contributed by atoms with van der Waals surface area (Å²) < 4.78 is 11.5. The third kappa shape index (κ3) is 4.51. The molecule has 1 aromatic heterocycles. The minimum atomic E-state index is -0.436. The SMILES string of the molecule is Cc1cc(N2CCOCC2)ccc1NC(=O)c1cc(=O)c2cccc(N3CCN(C)CC3)c2o1. The lowest BCUT2D eigenvalue weighted by atomic mass is 10.1. The Hall–Kier alpha value is -3.36. The van der Waals surface area contributed by atoms with E-state index in [1.165, 1.54) is 6.07 Å². The highest BCUT2D eigenvalue weighted by molar-refractivity contribution is 6.04. The molecule has 2 fully saturated rings. The first-order valence-electron chi connectivity index (χ1n) is 11.7. The highest BCUT2D eigenvalue weighted by Gasteiger charge is 2.21. The molecule has 0 unspecified atom stereocenters. The van der Waals surface area contributed by atoms with Crippen LogP contribution in [-0.2, 0) is 4.74 Å². The molecular formula is C26H30N4O4. The lowest BCUT2D eigenvalue weighted by Gasteiger charge is -2.34. The molecule has 0 aliphatic carbocycles. The van der Waals surface area contributed by atoms with Crippen molar-refractivity contribution in [2.75, 3.05) is 74.6 Å². The number of rotatable bonds is 4. The number of carbonyl (C=O) groups is 1. The van der Waals surface area contributed by atoms with Crippen LogP contribution in [0.2, 0.25) is 0 Å². The average Bonchev–Trinajstić information content (AvgIpc) is 2.86. The molecule has 1 N–H and O–H groups in total. The highest BCUT2D eigenvalue weighted by Crippen LogP contribution is 2.28. The molecule has 3 heterocycles. The number of aryl methyl sites for hydroxylation is 1. The molecule has 8 heteroatoms. The van der Waals surface area contributed by atoms with Crippen LogP contribution in [0, 0.1) is 6.92 Å². The van der Waals surface area contributed by atoms with Gasteiger partial charge >= 0.3 is 0 Å². The van der Waals surface area contributed by atoms with Crippen LogP contribution in [0.3, 0.4) is 0 Å². The number of nitrogens with zero attached hydrogens (tertiary/aromatic N) is 3. The van der Waals surface area contributed by atoms with Crippen molar-refractivity contribution in [1.82, 2.24) is 4.90 Å². The summed E-state index contributed by atoms with van der Waals surface area (Å²) in [5, 5.41) is 3.40. The molecule has 34 heavy (non-hydrogen) atoms. The van der Waals surface area contributed by atoms with Crippen molar-refractivity contribution in [2.24, 2.45) is 0 Å². The van der Waals surface area contributed by atoms with Gasteiger partial charge in [-0.3, -0.25) is 9.59 Å². The first-order valence-corrected chi connectivity index (χ1v) is 11.7. The number of morpholine rings is 1. The third-order valence-corrected chi connectivity index (χ3v) is 6.64. The molecule has 0 spiro atoms. The molecule has 2 aliphatic heterocycles. The third-order valence-electron chi connectivity index (χ3n) is 6.64. The van der Waals surface area contributed by atoms with Gasteiger partial charge in [0.2, 0.25) is 0 Å². The van der Waals surface area contributed by atoms with E-state index in [9.17, 15) is 9.59 Å². The number of anilines is 3. The number of hydrogen-bond acceptors (Lipinski definition) is 7. The Balaban J connectivity index is 1.41. The largest absolute Gasteiger partial charge is 0.448 e. The number of piperazine rings is 1. The van der Waals surface area contributed by atoms with Gasteiger partial charge in [-0.25, -0.2) is 0 Å². The zero-order valence-electron chi connectivity index (χ0n) is 19.7. The Morgan fingerprint density at radius 1 is 0.941 bits per heavy atom. The standard InChI is InChI=1S/C26H30N4O4/c1-18-16-19(29-12-14-33-15-13-29)6-7-21(18)27-26(32)24-17-23(31)20-4-3-5-22(25(20)34-24)30-10-8-28(2)9-11-30/h3-7,16-17H,8-15H2,1-2H3,(H,27,32). The van der Waals surface area contributed by atoms with Crippen LogP contribution < -0.4 is 20.5 Å². The van der Waals surface area contributed by atoms with E-state index < -0.39 is 5.91 Å². The number of ether oxygens (including phenoxy) is 1. The van der Waals surface area contributed by atoms with Crippen LogP contribution in [-0.4, -0.2) is 70.3 Å². The Bertz CT molecular complexity index is 1260. The molecule has 0 bridgehead atoms. The molecule has 2 aliphatic rings. The van der Waals surface area contributed by atoms with Crippen molar-refractivity contribution in [3.05, 3.63) is 64.0 Å². The number of amides is 1. The van der Waals surface area contributed by atoms with Crippen molar-refractivity contribution < 1.29 is 13.9 Å². The maximum Gasteiger partial charge on any atom is 0.291 e. The van der Waals surface area contributed by atoms with Crippen molar-refractivity contribution in [3.8, 4) is 0 Å². The molecule has 1 amide bonds. The van der Waals surface area contributed by atoms with Gasteiger partial charge in [0.1, 0.15) is 0 Å². The molecule has 3 aromatic rings. The van der Waals surface area contributed by atoms with Crippen LogP contribution in [0.1, 0.15) is 16.1 Å². The predicted molar refractivity (Wildman–Crippen MR) is 134 cm³/mol. The summed E-state index contributed by atoms with van der Waals surface area (Å²) in [5.74, 6) is -0.426. The lowest BCUT2D eigenvalue weighted by molar-refractivity contribution is 0.0997. The van der Waals surface area contributed by atoms with Crippen LogP contribution in [0.5, 0.6) is 0 Å². The van der Waals surface area contributed by atoms with Gasteiger partial charge in [-0.15, -0.1) is 0 Å². The molecule has 8 nitrogen and oxygen atoms in total. The van der Waals surface area contributed by atoms with E-state index >= 15 is 0 Å².